The number of rotatable bonds is 11. The van der Waals surface area contributed by atoms with Gasteiger partial charge in [0, 0.05) is 13.0 Å². The van der Waals surface area contributed by atoms with Crippen molar-refractivity contribution in [3.63, 3.8) is 0 Å². The zero-order valence-corrected chi connectivity index (χ0v) is 17.0. The van der Waals surface area contributed by atoms with E-state index in [1.807, 2.05) is 21.8 Å². The van der Waals surface area contributed by atoms with Gasteiger partial charge in [0.05, 0.1) is 31.3 Å². The fourth-order valence-electron chi connectivity index (χ4n) is 3.10. The Bertz CT molecular complexity index is 1140. The summed E-state index contributed by atoms with van der Waals surface area (Å²) in [6, 6.07) is 8.09. The van der Waals surface area contributed by atoms with E-state index in [4.69, 9.17) is 9.47 Å². The zero-order chi connectivity index (χ0) is 21.6. The maximum atomic E-state index is 13.3. The van der Waals surface area contributed by atoms with E-state index < -0.39 is 17.1 Å². The number of aromatic amines is 1. The summed E-state index contributed by atoms with van der Waals surface area (Å²) in [6.45, 7) is 1.56. The first-order valence-corrected chi connectivity index (χ1v) is 10.2. The SMILES string of the molecule is O=c1[nH]c(=O)n(COCCc2cnnn2CCc2cccc(OCC3CC3)c2)cc1F. The second-order valence-corrected chi connectivity index (χ2v) is 7.59. The molecule has 9 nitrogen and oxygen atoms in total. The van der Waals surface area contributed by atoms with Crippen LogP contribution in [-0.2, 0) is 30.9 Å². The molecule has 0 aliphatic heterocycles. The Morgan fingerprint density at radius 2 is 2.10 bits per heavy atom. The molecule has 0 saturated heterocycles. The van der Waals surface area contributed by atoms with Crippen molar-refractivity contribution in [1.82, 2.24) is 24.5 Å². The molecule has 1 N–H and O–H groups in total. The van der Waals surface area contributed by atoms with E-state index >= 15 is 0 Å². The maximum Gasteiger partial charge on any atom is 0.330 e. The molecule has 4 rings (SSSR count). The molecule has 0 radical (unpaired) electrons. The first-order valence-electron chi connectivity index (χ1n) is 10.2. The number of hydrogen-bond donors (Lipinski definition) is 1. The molecule has 1 aliphatic carbocycles. The topological polar surface area (TPSA) is 104 Å². The van der Waals surface area contributed by atoms with E-state index in [0.717, 1.165) is 40.8 Å². The van der Waals surface area contributed by atoms with Gasteiger partial charge in [-0.25, -0.2) is 9.48 Å². The number of hydrogen-bond acceptors (Lipinski definition) is 6. The molecule has 1 saturated carbocycles. The number of halogens is 1. The second kappa shape index (κ2) is 9.69. The smallest absolute Gasteiger partial charge is 0.330 e. The summed E-state index contributed by atoms with van der Waals surface area (Å²) in [7, 11) is 0. The van der Waals surface area contributed by atoms with Crippen LogP contribution < -0.4 is 16.0 Å². The average molecular weight is 429 g/mol. The van der Waals surface area contributed by atoms with Gasteiger partial charge in [0.2, 0.25) is 5.82 Å². The first-order chi connectivity index (χ1) is 15.1. The van der Waals surface area contributed by atoms with Crippen molar-refractivity contribution in [2.24, 2.45) is 5.92 Å². The minimum atomic E-state index is -1.05. The molecule has 1 aromatic carbocycles. The lowest BCUT2D eigenvalue weighted by Gasteiger charge is -2.10. The van der Waals surface area contributed by atoms with Crippen molar-refractivity contribution in [2.75, 3.05) is 13.2 Å². The highest BCUT2D eigenvalue weighted by atomic mass is 19.1. The van der Waals surface area contributed by atoms with Gasteiger partial charge in [-0.1, -0.05) is 17.3 Å². The molecule has 1 fully saturated rings. The summed E-state index contributed by atoms with van der Waals surface area (Å²) in [4.78, 5) is 24.6. The molecular formula is C21H24FN5O4. The fourth-order valence-corrected chi connectivity index (χ4v) is 3.10. The van der Waals surface area contributed by atoms with Crippen molar-refractivity contribution in [2.45, 2.75) is 39.0 Å². The van der Waals surface area contributed by atoms with E-state index in [0.29, 0.717) is 18.9 Å². The number of H-pyrrole nitrogens is 1. The van der Waals surface area contributed by atoms with Gasteiger partial charge in [-0.3, -0.25) is 14.3 Å². The van der Waals surface area contributed by atoms with E-state index in [9.17, 15) is 14.0 Å². The highest BCUT2D eigenvalue weighted by Crippen LogP contribution is 2.29. The lowest BCUT2D eigenvalue weighted by atomic mass is 10.1. The van der Waals surface area contributed by atoms with Crippen molar-refractivity contribution in [1.29, 1.82) is 0 Å². The predicted molar refractivity (Wildman–Crippen MR) is 109 cm³/mol. The van der Waals surface area contributed by atoms with Gasteiger partial charge in [-0.05, 0) is 42.9 Å². The highest BCUT2D eigenvalue weighted by molar-refractivity contribution is 5.28. The number of aromatic nitrogens is 5. The third kappa shape index (κ3) is 5.88. The van der Waals surface area contributed by atoms with E-state index in [2.05, 4.69) is 22.4 Å². The minimum Gasteiger partial charge on any atom is -0.493 e. The summed E-state index contributed by atoms with van der Waals surface area (Å²) in [5.41, 5.74) is 0.282. The Hall–Kier alpha value is -3.27. The van der Waals surface area contributed by atoms with Gasteiger partial charge in [-0.2, -0.15) is 4.39 Å². The molecule has 0 spiro atoms. The van der Waals surface area contributed by atoms with Crippen LogP contribution in [0.4, 0.5) is 4.39 Å². The molecule has 0 amide bonds. The molecule has 1 aliphatic rings. The summed E-state index contributed by atoms with van der Waals surface area (Å²) in [5.74, 6) is 0.573. The van der Waals surface area contributed by atoms with Crippen LogP contribution >= 0.6 is 0 Å². The number of aryl methyl sites for hydroxylation is 2. The van der Waals surface area contributed by atoms with Gasteiger partial charge in [-0.15, -0.1) is 5.10 Å². The summed E-state index contributed by atoms with van der Waals surface area (Å²) in [5, 5.41) is 8.10. The minimum absolute atomic E-state index is 0.165. The van der Waals surface area contributed by atoms with Crippen LogP contribution in [0.15, 0.2) is 46.2 Å². The van der Waals surface area contributed by atoms with Crippen LogP contribution in [0.2, 0.25) is 0 Å². The van der Waals surface area contributed by atoms with Crippen molar-refractivity contribution < 1.29 is 13.9 Å². The molecule has 164 valence electrons. The molecule has 10 heteroatoms. The fraction of sp³-hybridized carbons (Fsp3) is 0.429. The average Bonchev–Trinajstić information content (AvgIpc) is 3.49. The Balaban J connectivity index is 1.25. The predicted octanol–water partition coefficient (Wildman–Crippen LogP) is 1.52. The standard InChI is InChI=1S/C21H24FN5O4/c22-19-12-26(21(29)24-20(19)28)14-30-9-7-17-11-23-25-27(17)8-6-15-2-1-3-18(10-15)31-13-16-4-5-16/h1-3,10-12,16H,4-9,13-14H2,(H,24,28,29). The van der Waals surface area contributed by atoms with Gasteiger partial charge >= 0.3 is 5.69 Å². The van der Waals surface area contributed by atoms with Crippen molar-refractivity contribution in [3.8, 4) is 5.75 Å². The first kappa shape index (κ1) is 21.0. The molecule has 0 unspecified atom stereocenters. The van der Waals surface area contributed by atoms with Crippen LogP contribution in [0, 0.1) is 11.7 Å². The summed E-state index contributed by atoms with van der Waals surface area (Å²) < 4.78 is 27.3. The number of benzene rings is 1. The Morgan fingerprint density at radius 1 is 1.23 bits per heavy atom. The van der Waals surface area contributed by atoms with E-state index in [1.165, 1.54) is 12.8 Å². The monoisotopic (exact) mass is 429 g/mol. The number of nitrogens with zero attached hydrogens (tertiary/aromatic N) is 4. The van der Waals surface area contributed by atoms with Crippen LogP contribution in [0.1, 0.15) is 24.1 Å². The van der Waals surface area contributed by atoms with Crippen molar-refractivity contribution in [3.05, 3.63) is 74.6 Å². The van der Waals surface area contributed by atoms with E-state index in [-0.39, 0.29) is 13.3 Å². The van der Waals surface area contributed by atoms with Gasteiger partial charge < -0.3 is 9.47 Å². The number of nitrogens with one attached hydrogen (secondary N) is 1. The van der Waals surface area contributed by atoms with Crippen LogP contribution in [0.3, 0.4) is 0 Å². The van der Waals surface area contributed by atoms with Gasteiger partial charge in [0.1, 0.15) is 12.5 Å². The second-order valence-electron chi connectivity index (χ2n) is 7.59. The lowest BCUT2D eigenvalue weighted by molar-refractivity contribution is 0.0742. The third-order valence-corrected chi connectivity index (χ3v) is 5.09. The molecule has 0 bridgehead atoms. The lowest BCUT2D eigenvalue weighted by Crippen LogP contribution is -2.32. The summed E-state index contributed by atoms with van der Waals surface area (Å²) in [6.07, 6.45) is 6.33. The number of ether oxygens (including phenoxy) is 2. The summed E-state index contributed by atoms with van der Waals surface area (Å²) >= 11 is 0. The molecule has 31 heavy (non-hydrogen) atoms. The van der Waals surface area contributed by atoms with Crippen LogP contribution in [-0.4, -0.2) is 37.8 Å². The molecular weight excluding hydrogens is 405 g/mol. The van der Waals surface area contributed by atoms with Gasteiger partial charge in [0.25, 0.3) is 5.56 Å². The van der Waals surface area contributed by atoms with E-state index in [1.54, 1.807) is 6.20 Å². The third-order valence-electron chi connectivity index (χ3n) is 5.09. The zero-order valence-electron chi connectivity index (χ0n) is 17.0. The highest BCUT2D eigenvalue weighted by Gasteiger charge is 2.21. The Morgan fingerprint density at radius 3 is 2.94 bits per heavy atom. The van der Waals surface area contributed by atoms with Crippen LogP contribution in [0.5, 0.6) is 5.75 Å². The molecule has 3 aromatic rings. The quantitative estimate of drug-likeness (QED) is 0.464. The van der Waals surface area contributed by atoms with Gasteiger partial charge in [0.15, 0.2) is 0 Å². The Kier molecular flexibility index (Phi) is 6.56. The maximum absolute atomic E-state index is 13.3. The molecule has 2 aromatic heterocycles. The Labute approximate surface area is 177 Å². The molecule has 0 atom stereocenters. The van der Waals surface area contributed by atoms with Crippen LogP contribution in [0.25, 0.3) is 0 Å². The molecule has 2 heterocycles. The normalized spacial score (nSPS) is 13.5. The van der Waals surface area contributed by atoms with Crippen molar-refractivity contribution >= 4 is 0 Å². The largest absolute Gasteiger partial charge is 0.493 e.